The van der Waals surface area contributed by atoms with Gasteiger partial charge < -0.3 is 4.90 Å². The van der Waals surface area contributed by atoms with Crippen LogP contribution in [0.2, 0.25) is 0 Å². The molecule has 5 fully saturated rings. The van der Waals surface area contributed by atoms with Crippen molar-refractivity contribution in [2.24, 2.45) is 29.6 Å². The lowest BCUT2D eigenvalue weighted by molar-refractivity contribution is -0.150. The van der Waals surface area contributed by atoms with Gasteiger partial charge in [-0.1, -0.05) is 0 Å². The Bertz CT molecular complexity index is 538. The molecule has 4 bridgehead atoms. The minimum Gasteiger partial charge on any atom is -0.340 e. The van der Waals surface area contributed by atoms with Gasteiger partial charge in [0.25, 0.3) is 0 Å². The molecule has 22 heavy (non-hydrogen) atoms. The molecule has 1 amide bonds. The molecule has 0 aromatic heterocycles. The van der Waals surface area contributed by atoms with Crippen molar-refractivity contribution in [1.29, 1.82) is 0 Å². The molecule has 124 valence electrons. The molecule has 0 radical (unpaired) electrons. The quantitative estimate of drug-likeness (QED) is 0.765. The Balaban J connectivity index is 1.43. The number of amides is 1. The Labute approximate surface area is 133 Å². The molecule has 1 heterocycles. The Morgan fingerprint density at radius 3 is 1.82 bits per heavy atom. The number of hydrogen-bond donors (Lipinski definition) is 0. The fourth-order valence-corrected chi connectivity index (χ4v) is 6.61. The van der Waals surface area contributed by atoms with Crippen LogP contribution in [0.4, 0.5) is 0 Å². The highest BCUT2D eigenvalue weighted by molar-refractivity contribution is 7.88. The zero-order valence-electron chi connectivity index (χ0n) is 13.3. The van der Waals surface area contributed by atoms with Crippen LogP contribution >= 0.6 is 0 Å². The second-order valence-corrected chi connectivity index (χ2v) is 9.93. The minimum atomic E-state index is -3.12. The Morgan fingerprint density at radius 2 is 1.36 bits per heavy atom. The summed E-state index contributed by atoms with van der Waals surface area (Å²) in [6, 6.07) is 0. The van der Waals surface area contributed by atoms with Gasteiger partial charge in [0.1, 0.15) is 0 Å². The van der Waals surface area contributed by atoms with E-state index in [2.05, 4.69) is 0 Å². The summed E-state index contributed by atoms with van der Waals surface area (Å²) in [4.78, 5) is 14.9. The van der Waals surface area contributed by atoms with E-state index < -0.39 is 10.0 Å². The van der Waals surface area contributed by atoms with Crippen LogP contribution in [-0.4, -0.2) is 56.0 Å². The van der Waals surface area contributed by atoms with E-state index in [9.17, 15) is 13.2 Å². The van der Waals surface area contributed by atoms with Crippen molar-refractivity contribution in [3.8, 4) is 0 Å². The fourth-order valence-electron chi connectivity index (χ4n) is 5.78. The highest BCUT2D eigenvalue weighted by atomic mass is 32.2. The van der Waals surface area contributed by atoms with Gasteiger partial charge in [0, 0.05) is 32.1 Å². The van der Waals surface area contributed by atoms with Crippen molar-refractivity contribution < 1.29 is 13.2 Å². The molecular weight excluding hydrogens is 300 g/mol. The van der Waals surface area contributed by atoms with Crippen molar-refractivity contribution in [1.82, 2.24) is 9.21 Å². The summed E-state index contributed by atoms with van der Waals surface area (Å²) in [6.45, 7) is 2.04. The molecule has 6 heteroatoms. The summed E-state index contributed by atoms with van der Waals surface area (Å²) in [6.07, 6.45) is 7.68. The molecule has 0 aromatic carbocycles. The molecule has 0 unspecified atom stereocenters. The van der Waals surface area contributed by atoms with Gasteiger partial charge in [-0.15, -0.1) is 0 Å². The monoisotopic (exact) mass is 326 g/mol. The zero-order chi connectivity index (χ0) is 15.5. The van der Waals surface area contributed by atoms with Crippen LogP contribution in [0.25, 0.3) is 0 Å². The first-order valence-electron chi connectivity index (χ1n) is 8.65. The summed E-state index contributed by atoms with van der Waals surface area (Å²) < 4.78 is 24.7. The van der Waals surface area contributed by atoms with Crippen LogP contribution < -0.4 is 0 Å². The van der Waals surface area contributed by atoms with Gasteiger partial charge in [-0.3, -0.25) is 4.79 Å². The summed E-state index contributed by atoms with van der Waals surface area (Å²) >= 11 is 0. The van der Waals surface area contributed by atoms with Gasteiger partial charge in [-0.25, -0.2) is 8.42 Å². The molecule has 0 aromatic rings. The van der Waals surface area contributed by atoms with Gasteiger partial charge in [-0.05, 0) is 55.8 Å². The molecule has 5 rings (SSSR count). The molecule has 1 aliphatic heterocycles. The molecule has 0 spiro atoms. The smallest absolute Gasteiger partial charge is 0.226 e. The third-order valence-corrected chi connectivity index (χ3v) is 7.83. The van der Waals surface area contributed by atoms with Crippen LogP contribution in [0.15, 0.2) is 0 Å². The molecule has 5 nitrogen and oxygen atoms in total. The van der Waals surface area contributed by atoms with Crippen molar-refractivity contribution in [3.05, 3.63) is 0 Å². The Hall–Kier alpha value is -0.620. The van der Waals surface area contributed by atoms with Gasteiger partial charge in [0.2, 0.25) is 15.9 Å². The lowest BCUT2D eigenvalue weighted by atomic mass is 9.51. The predicted octanol–water partition coefficient (Wildman–Crippen LogP) is 1.16. The van der Waals surface area contributed by atoms with E-state index in [4.69, 9.17) is 0 Å². The first-order valence-corrected chi connectivity index (χ1v) is 10.5. The summed E-state index contributed by atoms with van der Waals surface area (Å²) in [5.74, 6) is 3.54. The first kappa shape index (κ1) is 14.9. The topological polar surface area (TPSA) is 57.7 Å². The maximum absolute atomic E-state index is 13.0. The number of sulfonamides is 1. The van der Waals surface area contributed by atoms with E-state index >= 15 is 0 Å². The molecule has 5 aliphatic rings. The second-order valence-electron chi connectivity index (χ2n) is 7.94. The fraction of sp³-hybridized carbons (Fsp3) is 0.938. The van der Waals surface area contributed by atoms with E-state index in [1.807, 2.05) is 4.90 Å². The molecule has 0 N–H and O–H groups in total. The lowest BCUT2D eigenvalue weighted by Gasteiger charge is -2.54. The number of carbonyl (C=O) groups excluding carboxylic acids is 1. The molecule has 0 atom stereocenters. The van der Waals surface area contributed by atoms with Crippen LogP contribution in [0.5, 0.6) is 0 Å². The first-order chi connectivity index (χ1) is 10.4. The third-order valence-electron chi connectivity index (χ3n) is 6.53. The summed E-state index contributed by atoms with van der Waals surface area (Å²) in [5, 5.41) is 0. The SMILES string of the molecule is CS(=O)(=O)N1CCN(C(=O)C2C3CC4CC(C3)CC2C4)CC1. The highest BCUT2D eigenvalue weighted by Gasteiger charge is 2.51. The second kappa shape index (κ2) is 5.20. The lowest BCUT2D eigenvalue weighted by Crippen LogP contribution is -2.56. The van der Waals surface area contributed by atoms with Gasteiger partial charge in [-0.2, -0.15) is 4.31 Å². The summed E-state index contributed by atoms with van der Waals surface area (Å²) in [7, 11) is -3.12. The van der Waals surface area contributed by atoms with Gasteiger partial charge in [0.15, 0.2) is 0 Å². The van der Waals surface area contributed by atoms with Crippen molar-refractivity contribution in [2.75, 3.05) is 32.4 Å². The van der Waals surface area contributed by atoms with E-state index in [0.29, 0.717) is 43.9 Å². The Kier molecular flexibility index (Phi) is 3.53. The van der Waals surface area contributed by atoms with Crippen LogP contribution in [-0.2, 0) is 14.8 Å². The Morgan fingerprint density at radius 1 is 0.864 bits per heavy atom. The average molecular weight is 326 g/mol. The van der Waals surface area contributed by atoms with E-state index in [0.717, 1.165) is 11.8 Å². The van der Waals surface area contributed by atoms with Gasteiger partial charge in [0.05, 0.1) is 6.26 Å². The minimum absolute atomic E-state index is 0.234. The normalized spacial score (nSPS) is 41.9. The predicted molar refractivity (Wildman–Crippen MR) is 83.5 cm³/mol. The van der Waals surface area contributed by atoms with Crippen molar-refractivity contribution >= 4 is 15.9 Å². The number of nitrogens with zero attached hydrogens (tertiary/aromatic N) is 2. The van der Waals surface area contributed by atoms with E-state index in [1.165, 1.54) is 42.7 Å². The van der Waals surface area contributed by atoms with Crippen LogP contribution in [0, 0.1) is 29.6 Å². The largest absolute Gasteiger partial charge is 0.340 e. The standard InChI is InChI=1S/C16H26N2O3S/c1-22(20,21)18-4-2-17(3-5-18)16(19)15-13-7-11-6-12(9-13)10-14(15)8-11/h11-15H,2-10H2,1H3. The van der Waals surface area contributed by atoms with Crippen molar-refractivity contribution in [2.45, 2.75) is 32.1 Å². The van der Waals surface area contributed by atoms with E-state index in [1.54, 1.807) is 0 Å². The number of hydrogen-bond acceptors (Lipinski definition) is 3. The number of carbonyl (C=O) groups is 1. The molecular formula is C16H26N2O3S. The third kappa shape index (κ3) is 2.48. The number of rotatable bonds is 2. The summed E-state index contributed by atoms with van der Waals surface area (Å²) in [5.41, 5.74) is 0. The molecule has 4 aliphatic carbocycles. The maximum atomic E-state index is 13.0. The molecule has 1 saturated heterocycles. The highest BCUT2D eigenvalue weighted by Crippen LogP contribution is 2.56. The van der Waals surface area contributed by atoms with Gasteiger partial charge >= 0.3 is 0 Å². The van der Waals surface area contributed by atoms with Crippen LogP contribution in [0.3, 0.4) is 0 Å². The average Bonchev–Trinajstić information content (AvgIpc) is 2.45. The maximum Gasteiger partial charge on any atom is 0.226 e. The van der Waals surface area contributed by atoms with Crippen LogP contribution in [0.1, 0.15) is 32.1 Å². The number of piperazine rings is 1. The van der Waals surface area contributed by atoms with E-state index in [-0.39, 0.29) is 5.92 Å². The zero-order valence-corrected chi connectivity index (χ0v) is 14.1. The molecule has 4 saturated carbocycles. The van der Waals surface area contributed by atoms with Crippen molar-refractivity contribution in [3.63, 3.8) is 0 Å².